The minimum absolute atomic E-state index is 0.149. The Balaban J connectivity index is 1.60. The predicted octanol–water partition coefficient (Wildman–Crippen LogP) is 3.08. The lowest BCUT2D eigenvalue weighted by atomic mass is 9.71. The highest BCUT2D eigenvalue weighted by Crippen LogP contribution is 2.39. The summed E-state index contributed by atoms with van der Waals surface area (Å²) in [6, 6.07) is 7.62. The fourth-order valence-electron chi connectivity index (χ4n) is 3.76. The Bertz CT molecular complexity index is 528. The number of rotatable bonds is 4. The average molecular weight is 316 g/mol. The van der Waals surface area contributed by atoms with Gasteiger partial charge in [-0.3, -0.25) is 4.79 Å². The molecule has 0 atom stereocenters. The van der Waals surface area contributed by atoms with E-state index >= 15 is 0 Å². The Kier molecular flexibility index (Phi) is 5.21. The summed E-state index contributed by atoms with van der Waals surface area (Å²) in [4.78, 5) is 14.8. The number of benzene rings is 1. The van der Waals surface area contributed by atoms with E-state index in [4.69, 9.17) is 4.74 Å². The first-order valence-corrected chi connectivity index (χ1v) is 8.95. The Morgan fingerprint density at radius 1 is 1.22 bits per heavy atom. The van der Waals surface area contributed by atoms with Gasteiger partial charge in [0, 0.05) is 18.7 Å². The lowest BCUT2D eigenvalue weighted by molar-refractivity contribution is 0.0495. The lowest BCUT2D eigenvalue weighted by Gasteiger charge is -2.44. The molecule has 1 amide bonds. The summed E-state index contributed by atoms with van der Waals surface area (Å²) in [5.74, 6) is 0.945. The summed E-state index contributed by atoms with van der Waals surface area (Å²) in [6.45, 7) is 6.81. The van der Waals surface area contributed by atoms with Crippen LogP contribution < -0.4 is 10.1 Å². The Labute approximate surface area is 139 Å². The quantitative estimate of drug-likeness (QED) is 0.928. The molecule has 2 heterocycles. The van der Waals surface area contributed by atoms with Gasteiger partial charge in [0.25, 0.3) is 5.91 Å². The molecular weight excluding hydrogens is 288 g/mol. The highest BCUT2D eigenvalue weighted by molar-refractivity contribution is 5.94. The molecule has 0 aromatic heterocycles. The van der Waals surface area contributed by atoms with E-state index < -0.39 is 0 Å². The van der Waals surface area contributed by atoms with Crippen molar-refractivity contribution in [3.05, 3.63) is 29.8 Å². The number of piperidine rings is 2. The van der Waals surface area contributed by atoms with Gasteiger partial charge in [0.1, 0.15) is 5.75 Å². The standard InChI is InChI=1S/C19H28N2O2/c1-2-14-23-17-5-3-4-16(15-17)18(22)21-12-8-19(9-13-21)6-10-20-11-7-19/h3-5,15,20H,2,6-14H2,1H3. The SMILES string of the molecule is CCCOc1cccc(C(=O)N2CCC3(CCNCC3)CC2)c1. The van der Waals surface area contributed by atoms with Crippen LogP contribution in [0.4, 0.5) is 0 Å². The number of hydrogen-bond donors (Lipinski definition) is 1. The molecule has 0 radical (unpaired) electrons. The van der Waals surface area contributed by atoms with Crippen molar-refractivity contribution in [1.82, 2.24) is 10.2 Å². The van der Waals surface area contributed by atoms with E-state index in [9.17, 15) is 4.79 Å². The molecule has 1 spiro atoms. The molecular formula is C19H28N2O2. The number of nitrogens with one attached hydrogen (secondary N) is 1. The number of hydrogen-bond acceptors (Lipinski definition) is 3. The normalized spacial score (nSPS) is 20.5. The van der Waals surface area contributed by atoms with Crippen LogP contribution in [0.5, 0.6) is 5.75 Å². The Hall–Kier alpha value is -1.55. The van der Waals surface area contributed by atoms with Gasteiger partial charge in [-0.25, -0.2) is 0 Å². The summed E-state index contributed by atoms with van der Waals surface area (Å²) >= 11 is 0. The van der Waals surface area contributed by atoms with Gasteiger partial charge in [-0.15, -0.1) is 0 Å². The maximum Gasteiger partial charge on any atom is 0.253 e. The van der Waals surface area contributed by atoms with E-state index in [0.29, 0.717) is 12.0 Å². The molecule has 0 bridgehead atoms. The molecule has 2 fully saturated rings. The van der Waals surface area contributed by atoms with Crippen molar-refractivity contribution in [2.24, 2.45) is 5.41 Å². The summed E-state index contributed by atoms with van der Waals surface area (Å²) in [7, 11) is 0. The highest BCUT2D eigenvalue weighted by atomic mass is 16.5. The van der Waals surface area contributed by atoms with Crippen LogP contribution in [0.1, 0.15) is 49.4 Å². The minimum Gasteiger partial charge on any atom is -0.494 e. The van der Waals surface area contributed by atoms with Gasteiger partial charge in [0.2, 0.25) is 0 Å². The molecule has 1 N–H and O–H groups in total. The van der Waals surface area contributed by atoms with E-state index in [-0.39, 0.29) is 5.91 Å². The van der Waals surface area contributed by atoms with Gasteiger partial charge < -0.3 is 15.0 Å². The molecule has 4 heteroatoms. The van der Waals surface area contributed by atoms with E-state index in [1.165, 1.54) is 12.8 Å². The molecule has 1 aromatic rings. The van der Waals surface area contributed by atoms with Gasteiger partial charge in [-0.1, -0.05) is 13.0 Å². The molecule has 4 nitrogen and oxygen atoms in total. The summed E-state index contributed by atoms with van der Waals surface area (Å²) < 4.78 is 5.65. The monoisotopic (exact) mass is 316 g/mol. The summed E-state index contributed by atoms with van der Waals surface area (Å²) in [6.07, 6.45) is 5.78. The average Bonchev–Trinajstić information content (AvgIpc) is 2.61. The van der Waals surface area contributed by atoms with Crippen molar-refractivity contribution in [1.29, 1.82) is 0 Å². The fourth-order valence-corrected chi connectivity index (χ4v) is 3.76. The van der Waals surface area contributed by atoms with Crippen LogP contribution in [0.15, 0.2) is 24.3 Å². The molecule has 23 heavy (non-hydrogen) atoms. The van der Waals surface area contributed by atoms with Crippen LogP contribution in [0.3, 0.4) is 0 Å². The van der Waals surface area contributed by atoms with E-state index in [2.05, 4.69) is 12.2 Å². The first-order chi connectivity index (χ1) is 11.2. The molecule has 1 aromatic carbocycles. The van der Waals surface area contributed by atoms with Crippen LogP contribution in [0, 0.1) is 5.41 Å². The van der Waals surface area contributed by atoms with Crippen LogP contribution in [-0.2, 0) is 0 Å². The van der Waals surface area contributed by atoms with Crippen LogP contribution in [0.2, 0.25) is 0 Å². The molecule has 2 saturated heterocycles. The zero-order valence-corrected chi connectivity index (χ0v) is 14.1. The maximum atomic E-state index is 12.8. The molecule has 0 unspecified atom stereocenters. The Morgan fingerprint density at radius 2 is 1.96 bits per heavy atom. The highest BCUT2D eigenvalue weighted by Gasteiger charge is 2.36. The summed E-state index contributed by atoms with van der Waals surface area (Å²) in [5, 5.41) is 3.44. The van der Waals surface area contributed by atoms with E-state index in [1.54, 1.807) is 0 Å². The number of likely N-dealkylation sites (tertiary alicyclic amines) is 1. The van der Waals surface area contributed by atoms with Crippen molar-refractivity contribution >= 4 is 5.91 Å². The topological polar surface area (TPSA) is 41.6 Å². The first kappa shape index (κ1) is 16.3. The number of carbonyl (C=O) groups excluding carboxylic acids is 1. The zero-order chi connectivity index (χ0) is 16.1. The van der Waals surface area contributed by atoms with Gasteiger partial charge in [-0.05, 0) is 68.8 Å². The fraction of sp³-hybridized carbons (Fsp3) is 0.632. The van der Waals surface area contributed by atoms with Gasteiger partial charge in [0.05, 0.1) is 6.61 Å². The molecule has 0 saturated carbocycles. The van der Waals surface area contributed by atoms with Crippen molar-refractivity contribution in [3.8, 4) is 5.75 Å². The van der Waals surface area contributed by atoms with Gasteiger partial charge >= 0.3 is 0 Å². The van der Waals surface area contributed by atoms with Gasteiger partial charge in [-0.2, -0.15) is 0 Å². The number of ether oxygens (including phenoxy) is 1. The molecule has 3 rings (SSSR count). The van der Waals surface area contributed by atoms with E-state index in [1.807, 2.05) is 29.2 Å². The minimum atomic E-state index is 0.149. The largest absolute Gasteiger partial charge is 0.494 e. The number of amides is 1. The second-order valence-electron chi connectivity index (χ2n) is 6.92. The second-order valence-corrected chi connectivity index (χ2v) is 6.92. The second kappa shape index (κ2) is 7.35. The van der Waals surface area contributed by atoms with Gasteiger partial charge in [0.15, 0.2) is 0 Å². The third-order valence-corrected chi connectivity index (χ3v) is 5.33. The zero-order valence-electron chi connectivity index (χ0n) is 14.1. The van der Waals surface area contributed by atoms with Crippen molar-refractivity contribution in [2.45, 2.75) is 39.0 Å². The van der Waals surface area contributed by atoms with Crippen LogP contribution in [-0.4, -0.2) is 43.6 Å². The Morgan fingerprint density at radius 3 is 2.65 bits per heavy atom. The maximum absolute atomic E-state index is 12.8. The third kappa shape index (κ3) is 3.86. The van der Waals surface area contributed by atoms with Crippen molar-refractivity contribution in [2.75, 3.05) is 32.8 Å². The van der Waals surface area contributed by atoms with E-state index in [0.717, 1.165) is 56.8 Å². The predicted molar refractivity (Wildman–Crippen MR) is 91.9 cm³/mol. The lowest BCUT2D eigenvalue weighted by Crippen LogP contribution is -2.47. The third-order valence-electron chi connectivity index (χ3n) is 5.33. The number of carbonyl (C=O) groups is 1. The molecule has 2 aliphatic heterocycles. The smallest absolute Gasteiger partial charge is 0.253 e. The van der Waals surface area contributed by atoms with Crippen molar-refractivity contribution < 1.29 is 9.53 Å². The molecule has 126 valence electrons. The molecule has 0 aliphatic carbocycles. The van der Waals surface area contributed by atoms with Crippen molar-refractivity contribution in [3.63, 3.8) is 0 Å². The van der Waals surface area contributed by atoms with Crippen LogP contribution >= 0.6 is 0 Å². The first-order valence-electron chi connectivity index (χ1n) is 8.95. The summed E-state index contributed by atoms with van der Waals surface area (Å²) in [5.41, 5.74) is 1.23. The molecule has 2 aliphatic rings. The van der Waals surface area contributed by atoms with Crippen LogP contribution in [0.25, 0.3) is 0 Å². The number of nitrogens with zero attached hydrogens (tertiary/aromatic N) is 1.